The van der Waals surface area contributed by atoms with Gasteiger partial charge in [0, 0.05) is 28.9 Å². The molecule has 3 rings (SSSR count). The Balaban J connectivity index is 2.05. The van der Waals surface area contributed by atoms with E-state index in [0.29, 0.717) is 21.1 Å². The summed E-state index contributed by atoms with van der Waals surface area (Å²) in [5.41, 5.74) is 1.12. The van der Waals surface area contributed by atoms with Crippen LogP contribution in [0.25, 0.3) is 10.9 Å². The van der Waals surface area contributed by atoms with Crippen LogP contribution in [0.3, 0.4) is 0 Å². The fourth-order valence-electron chi connectivity index (χ4n) is 3.01. The third kappa shape index (κ3) is 4.38. The van der Waals surface area contributed by atoms with Crippen molar-refractivity contribution in [2.75, 3.05) is 12.4 Å². The number of rotatable bonds is 3. The highest BCUT2D eigenvalue weighted by Crippen LogP contribution is 2.38. The van der Waals surface area contributed by atoms with E-state index in [4.69, 9.17) is 4.74 Å². The number of aromatic nitrogens is 1. The highest BCUT2D eigenvalue weighted by molar-refractivity contribution is 9.10. The van der Waals surface area contributed by atoms with Crippen molar-refractivity contribution in [2.45, 2.75) is 26.2 Å². The zero-order valence-corrected chi connectivity index (χ0v) is 18.5. The second-order valence-electron chi connectivity index (χ2n) is 7.67. The minimum absolute atomic E-state index is 0.0214. The highest BCUT2D eigenvalue weighted by Gasteiger charge is 2.24. The predicted molar refractivity (Wildman–Crippen MR) is 118 cm³/mol. The monoisotopic (exact) mass is 472 g/mol. The number of aromatic amines is 1. The normalized spacial score (nSPS) is 11.2. The third-order valence-corrected chi connectivity index (χ3v) is 5.14. The number of nitrogens with one attached hydrogen (secondary N) is 2. The number of halogens is 1. The first-order valence-electron chi connectivity index (χ1n) is 9.13. The summed E-state index contributed by atoms with van der Waals surface area (Å²) in [5, 5.41) is 3.21. The van der Waals surface area contributed by atoms with E-state index in [-0.39, 0.29) is 22.2 Å². The lowest BCUT2D eigenvalue weighted by molar-refractivity contribution is 0.102. The van der Waals surface area contributed by atoms with Gasteiger partial charge in [0.2, 0.25) is 5.43 Å². The standard InChI is InChI=1S/C22H21BrN2O5/c1-22(2,3)14-9-15(23)18(30-21(28)29-4)10-17(14)25-20(27)13-11-24-16-8-6-5-7-12(16)19(13)26/h5-11H,1-4H3,(H,24,26)(H,25,27). The maximum Gasteiger partial charge on any atom is 0.513 e. The van der Waals surface area contributed by atoms with Crippen LogP contribution in [0.1, 0.15) is 36.7 Å². The molecule has 0 saturated carbocycles. The molecular weight excluding hydrogens is 452 g/mol. The van der Waals surface area contributed by atoms with Crippen LogP contribution in [0.5, 0.6) is 5.75 Å². The lowest BCUT2D eigenvalue weighted by Gasteiger charge is -2.24. The van der Waals surface area contributed by atoms with Gasteiger partial charge in [-0.1, -0.05) is 32.9 Å². The molecule has 8 heteroatoms. The molecule has 0 spiro atoms. The smallest absolute Gasteiger partial charge is 0.437 e. The molecule has 30 heavy (non-hydrogen) atoms. The molecule has 0 bridgehead atoms. The van der Waals surface area contributed by atoms with Crippen LogP contribution in [0, 0.1) is 0 Å². The number of ether oxygens (including phenoxy) is 2. The molecule has 0 aliphatic heterocycles. The van der Waals surface area contributed by atoms with Crippen LogP contribution in [-0.4, -0.2) is 24.2 Å². The van der Waals surface area contributed by atoms with E-state index in [9.17, 15) is 14.4 Å². The summed E-state index contributed by atoms with van der Waals surface area (Å²) in [4.78, 5) is 40.2. The Hall–Kier alpha value is -3.13. The first kappa shape index (κ1) is 21.6. The number of hydrogen-bond acceptors (Lipinski definition) is 5. The number of hydrogen-bond donors (Lipinski definition) is 2. The summed E-state index contributed by atoms with van der Waals surface area (Å²) in [7, 11) is 1.20. The number of para-hydroxylation sites is 1. The largest absolute Gasteiger partial charge is 0.513 e. The van der Waals surface area contributed by atoms with Crippen molar-refractivity contribution in [3.05, 3.63) is 68.4 Å². The Morgan fingerprint density at radius 2 is 1.83 bits per heavy atom. The van der Waals surface area contributed by atoms with Gasteiger partial charge in [0.25, 0.3) is 5.91 Å². The quantitative estimate of drug-likeness (QED) is 0.413. The van der Waals surface area contributed by atoms with Crippen molar-refractivity contribution in [2.24, 2.45) is 0 Å². The van der Waals surface area contributed by atoms with Crippen molar-refractivity contribution in [3.63, 3.8) is 0 Å². The number of anilines is 1. The Bertz CT molecular complexity index is 1190. The highest BCUT2D eigenvalue weighted by atomic mass is 79.9. The Kier molecular flexibility index (Phi) is 5.98. The molecule has 0 unspecified atom stereocenters. The van der Waals surface area contributed by atoms with Gasteiger partial charge < -0.3 is 19.8 Å². The second-order valence-corrected chi connectivity index (χ2v) is 8.52. The Morgan fingerprint density at radius 3 is 2.50 bits per heavy atom. The van der Waals surface area contributed by atoms with E-state index in [0.717, 1.165) is 5.56 Å². The average Bonchev–Trinajstić information content (AvgIpc) is 2.69. The predicted octanol–water partition coefficient (Wildman–Crippen LogP) is 4.99. The molecular formula is C22H21BrN2O5. The molecule has 0 aliphatic rings. The molecule has 1 heterocycles. The molecule has 1 amide bonds. The molecule has 0 saturated heterocycles. The van der Waals surface area contributed by atoms with Gasteiger partial charge in [-0.25, -0.2) is 4.79 Å². The first-order valence-corrected chi connectivity index (χ1v) is 9.92. The minimum atomic E-state index is -0.887. The topological polar surface area (TPSA) is 97.5 Å². The summed E-state index contributed by atoms with van der Waals surface area (Å²) in [6.07, 6.45) is 0.504. The number of fused-ring (bicyclic) bond motifs is 1. The molecule has 1 aromatic heterocycles. The first-order chi connectivity index (χ1) is 14.1. The molecule has 3 aromatic rings. The number of carbonyl (C=O) groups excluding carboxylic acids is 2. The fraction of sp³-hybridized carbons (Fsp3) is 0.227. The van der Waals surface area contributed by atoms with E-state index < -0.39 is 12.1 Å². The number of H-pyrrole nitrogens is 1. The van der Waals surface area contributed by atoms with Crippen molar-refractivity contribution in [1.82, 2.24) is 4.98 Å². The molecule has 0 radical (unpaired) electrons. The summed E-state index contributed by atoms with van der Waals surface area (Å²) in [6.45, 7) is 5.94. The number of carbonyl (C=O) groups is 2. The van der Waals surface area contributed by atoms with Crippen LogP contribution in [0.2, 0.25) is 0 Å². The minimum Gasteiger partial charge on any atom is -0.437 e. The number of pyridine rings is 1. The third-order valence-electron chi connectivity index (χ3n) is 4.52. The van der Waals surface area contributed by atoms with Crippen molar-refractivity contribution in [1.29, 1.82) is 0 Å². The number of amides is 1. The summed E-state index contributed by atoms with van der Waals surface area (Å²) in [5.74, 6) is -0.392. The van der Waals surface area contributed by atoms with Crippen molar-refractivity contribution < 1.29 is 19.1 Å². The number of benzene rings is 2. The van der Waals surface area contributed by atoms with Crippen LogP contribution < -0.4 is 15.5 Å². The molecule has 156 valence electrons. The van der Waals surface area contributed by atoms with E-state index in [1.165, 1.54) is 19.4 Å². The molecule has 2 N–H and O–H groups in total. The molecule has 0 atom stereocenters. The van der Waals surface area contributed by atoms with Gasteiger partial charge in [0.05, 0.1) is 11.6 Å². The zero-order valence-electron chi connectivity index (χ0n) is 17.0. The van der Waals surface area contributed by atoms with Gasteiger partial charge in [-0.05, 0) is 45.1 Å². The SMILES string of the molecule is COC(=O)Oc1cc(NC(=O)c2c[nH]c3ccccc3c2=O)c(C(C)(C)C)cc1Br. The van der Waals surface area contributed by atoms with Gasteiger partial charge in [-0.3, -0.25) is 9.59 Å². The lowest BCUT2D eigenvalue weighted by Crippen LogP contribution is -2.24. The molecule has 2 aromatic carbocycles. The van der Waals surface area contributed by atoms with Crippen molar-refractivity contribution in [3.8, 4) is 5.75 Å². The maximum absolute atomic E-state index is 13.0. The second kappa shape index (κ2) is 8.31. The Labute approximate surface area is 181 Å². The van der Waals surface area contributed by atoms with Gasteiger partial charge in [0.1, 0.15) is 5.56 Å². The average molecular weight is 473 g/mol. The van der Waals surface area contributed by atoms with E-state index >= 15 is 0 Å². The van der Waals surface area contributed by atoms with E-state index in [1.807, 2.05) is 20.8 Å². The van der Waals surface area contributed by atoms with Crippen LogP contribution in [-0.2, 0) is 10.2 Å². The van der Waals surface area contributed by atoms with Crippen LogP contribution in [0.15, 0.2) is 51.9 Å². The molecule has 0 fully saturated rings. The fourth-order valence-corrected chi connectivity index (χ4v) is 3.44. The Morgan fingerprint density at radius 1 is 1.13 bits per heavy atom. The summed E-state index contributed by atoms with van der Waals surface area (Å²) >= 11 is 3.38. The van der Waals surface area contributed by atoms with Gasteiger partial charge in [-0.2, -0.15) is 0 Å². The summed E-state index contributed by atoms with van der Waals surface area (Å²) in [6, 6.07) is 10.3. The van der Waals surface area contributed by atoms with Crippen molar-refractivity contribution >= 4 is 44.6 Å². The lowest BCUT2D eigenvalue weighted by atomic mass is 9.85. The summed E-state index contributed by atoms with van der Waals surface area (Å²) < 4.78 is 10.2. The number of methoxy groups -OCH3 is 1. The van der Waals surface area contributed by atoms with Crippen LogP contribution >= 0.6 is 15.9 Å². The van der Waals surface area contributed by atoms with Gasteiger partial charge in [-0.15, -0.1) is 0 Å². The van der Waals surface area contributed by atoms with Gasteiger partial charge >= 0.3 is 6.16 Å². The zero-order chi connectivity index (χ0) is 22.1. The van der Waals surface area contributed by atoms with E-state index in [1.54, 1.807) is 30.3 Å². The van der Waals surface area contributed by atoms with Gasteiger partial charge in [0.15, 0.2) is 5.75 Å². The molecule has 7 nitrogen and oxygen atoms in total. The molecule has 0 aliphatic carbocycles. The van der Waals surface area contributed by atoms with Crippen LogP contribution in [0.4, 0.5) is 10.5 Å². The van der Waals surface area contributed by atoms with E-state index in [2.05, 4.69) is 31.0 Å². The maximum atomic E-state index is 13.0.